The first-order valence-electron chi connectivity index (χ1n) is 7.24. The van der Waals surface area contributed by atoms with Crippen LogP contribution in [0.25, 0.3) is 0 Å². The van der Waals surface area contributed by atoms with Crippen molar-refractivity contribution >= 4 is 18.4 Å². The summed E-state index contributed by atoms with van der Waals surface area (Å²) >= 11 is -1.94. The van der Waals surface area contributed by atoms with Gasteiger partial charge in [-0.3, -0.25) is 0 Å². The Hall–Kier alpha value is -0.481. The number of hydrogen-bond acceptors (Lipinski definition) is 2. The van der Waals surface area contributed by atoms with Crippen LogP contribution in [-0.2, 0) is 11.3 Å². The zero-order valence-corrected chi connectivity index (χ0v) is 16.4. The van der Waals surface area contributed by atoms with Gasteiger partial charge < -0.3 is 0 Å². The van der Waals surface area contributed by atoms with Crippen molar-refractivity contribution in [2.75, 3.05) is 13.7 Å². The molecule has 3 heteroatoms. The van der Waals surface area contributed by atoms with Crippen LogP contribution in [0.15, 0.2) is 34.4 Å². The summed E-state index contributed by atoms with van der Waals surface area (Å²) in [5, 5.41) is 0. The molecule has 0 fully saturated rings. The van der Waals surface area contributed by atoms with Gasteiger partial charge in [0.2, 0.25) is 0 Å². The molecular formula is C17H28O2Sn. The maximum absolute atomic E-state index is 5.77. The summed E-state index contributed by atoms with van der Waals surface area (Å²) < 4.78 is 12.4. The van der Waals surface area contributed by atoms with Crippen molar-refractivity contribution in [1.82, 2.24) is 0 Å². The van der Waals surface area contributed by atoms with Gasteiger partial charge in [-0.25, -0.2) is 0 Å². The van der Waals surface area contributed by atoms with Gasteiger partial charge in [0.05, 0.1) is 0 Å². The molecular weight excluding hydrogens is 355 g/mol. The summed E-state index contributed by atoms with van der Waals surface area (Å²) in [6.07, 6.45) is 1.07. The summed E-state index contributed by atoms with van der Waals surface area (Å²) in [4.78, 5) is 7.27. The van der Waals surface area contributed by atoms with E-state index in [1.165, 1.54) is 9.15 Å². The Kier molecular flexibility index (Phi) is 7.10. The Morgan fingerprint density at radius 3 is 2.30 bits per heavy atom. The topological polar surface area (TPSA) is 18.5 Å². The Bertz CT molecular complexity index is 418. The quantitative estimate of drug-likeness (QED) is 0.480. The average Bonchev–Trinajstić information content (AvgIpc) is 2.42. The molecule has 0 aliphatic carbocycles. The molecule has 0 amide bonds. The van der Waals surface area contributed by atoms with E-state index < -0.39 is 18.4 Å². The van der Waals surface area contributed by atoms with Crippen LogP contribution in [0.4, 0.5) is 0 Å². The van der Waals surface area contributed by atoms with Gasteiger partial charge in [0.15, 0.2) is 0 Å². The Morgan fingerprint density at radius 1 is 1.20 bits per heavy atom. The SMILES string of the molecule is C=[C]([C@H](C)CCOCc1ccc(OC)cc1)[Sn]([CH3])([CH3])[CH3]. The fourth-order valence-electron chi connectivity index (χ4n) is 2.09. The number of ether oxygens (including phenoxy) is 2. The van der Waals surface area contributed by atoms with Crippen LogP contribution in [0.1, 0.15) is 18.9 Å². The Balaban J connectivity index is 2.29. The van der Waals surface area contributed by atoms with E-state index in [4.69, 9.17) is 9.47 Å². The molecule has 1 atom stereocenters. The van der Waals surface area contributed by atoms with Gasteiger partial charge in [0, 0.05) is 0 Å². The van der Waals surface area contributed by atoms with Gasteiger partial charge >= 0.3 is 128 Å². The molecule has 0 N–H and O–H groups in total. The zero-order valence-electron chi connectivity index (χ0n) is 13.5. The van der Waals surface area contributed by atoms with Crippen LogP contribution >= 0.6 is 0 Å². The fourth-order valence-corrected chi connectivity index (χ4v) is 6.72. The second kappa shape index (κ2) is 8.08. The second-order valence-electron chi connectivity index (χ2n) is 6.37. The molecule has 0 saturated heterocycles. The third kappa shape index (κ3) is 5.88. The van der Waals surface area contributed by atoms with E-state index in [0.29, 0.717) is 12.5 Å². The summed E-state index contributed by atoms with van der Waals surface area (Å²) in [5.74, 6) is 1.47. The molecule has 0 aliphatic heterocycles. The van der Waals surface area contributed by atoms with Crippen molar-refractivity contribution in [3.63, 3.8) is 0 Å². The first-order valence-corrected chi connectivity index (χ1v) is 17.2. The molecule has 0 unspecified atom stereocenters. The molecule has 2 nitrogen and oxygen atoms in total. The van der Waals surface area contributed by atoms with Crippen LogP contribution in [0.2, 0.25) is 14.8 Å². The van der Waals surface area contributed by atoms with E-state index in [0.717, 1.165) is 18.8 Å². The molecule has 0 aromatic heterocycles. The van der Waals surface area contributed by atoms with Crippen molar-refractivity contribution in [3.8, 4) is 5.75 Å². The molecule has 0 spiro atoms. The molecule has 0 radical (unpaired) electrons. The molecule has 112 valence electrons. The normalized spacial score (nSPS) is 13.1. The number of rotatable bonds is 8. The van der Waals surface area contributed by atoms with Crippen molar-refractivity contribution in [3.05, 3.63) is 40.0 Å². The van der Waals surface area contributed by atoms with Crippen LogP contribution < -0.4 is 4.74 Å². The van der Waals surface area contributed by atoms with Gasteiger partial charge in [-0.15, -0.1) is 0 Å². The molecule has 0 aliphatic rings. The van der Waals surface area contributed by atoms with Crippen LogP contribution in [0.5, 0.6) is 5.75 Å². The predicted molar refractivity (Wildman–Crippen MR) is 88.9 cm³/mol. The van der Waals surface area contributed by atoms with Gasteiger partial charge in [-0.1, -0.05) is 0 Å². The third-order valence-electron chi connectivity index (χ3n) is 3.68. The van der Waals surface area contributed by atoms with Gasteiger partial charge in [-0.2, -0.15) is 0 Å². The van der Waals surface area contributed by atoms with E-state index in [1.807, 2.05) is 24.3 Å². The minimum atomic E-state index is -1.94. The van der Waals surface area contributed by atoms with Gasteiger partial charge in [-0.05, 0) is 0 Å². The third-order valence-corrected chi connectivity index (χ3v) is 10.6. The average molecular weight is 383 g/mol. The standard InChI is InChI=1S/C14H19O2.3CH3.Sn/c1-4-12(2)9-10-16-11-13-5-7-14(15-3)8-6-13;;;;/h5-8,12H,1,9-11H2,2-3H3;3*1H3;/t12-;;;;/m0..../s1. The van der Waals surface area contributed by atoms with E-state index in [-0.39, 0.29) is 0 Å². The minimum absolute atomic E-state index is 0.585. The van der Waals surface area contributed by atoms with Crippen molar-refractivity contribution < 1.29 is 9.47 Å². The maximum atomic E-state index is 5.77. The van der Waals surface area contributed by atoms with E-state index in [1.54, 1.807) is 7.11 Å². The predicted octanol–water partition coefficient (Wildman–Crippen LogP) is 4.67. The Labute approximate surface area is 128 Å². The van der Waals surface area contributed by atoms with Gasteiger partial charge in [0.1, 0.15) is 0 Å². The van der Waals surface area contributed by atoms with Crippen LogP contribution in [0, 0.1) is 5.92 Å². The molecule has 0 saturated carbocycles. The number of hydrogen-bond donors (Lipinski definition) is 0. The number of methoxy groups -OCH3 is 1. The van der Waals surface area contributed by atoms with E-state index >= 15 is 0 Å². The van der Waals surface area contributed by atoms with Crippen LogP contribution in [-0.4, -0.2) is 32.1 Å². The fraction of sp³-hybridized carbons (Fsp3) is 0.529. The van der Waals surface area contributed by atoms with Crippen molar-refractivity contribution in [2.24, 2.45) is 5.92 Å². The molecule has 0 heterocycles. The van der Waals surface area contributed by atoms with Crippen molar-refractivity contribution in [2.45, 2.75) is 34.8 Å². The zero-order chi connectivity index (χ0) is 15.2. The molecule has 1 rings (SSSR count). The summed E-state index contributed by atoms with van der Waals surface area (Å²) in [6, 6.07) is 8.04. The van der Waals surface area contributed by atoms with Crippen molar-refractivity contribution in [1.29, 1.82) is 0 Å². The number of allylic oxidation sites excluding steroid dienone is 1. The molecule has 20 heavy (non-hydrogen) atoms. The summed E-state index contributed by atoms with van der Waals surface area (Å²) in [7, 11) is 1.68. The second-order valence-corrected chi connectivity index (χ2v) is 21.0. The van der Waals surface area contributed by atoms with Gasteiger partial charge in [0.25, 0.3) is 0 Å². The molecule has 1 aromatic carbocycles. The first-order chi connectivity index (χ1) is 9.34. The van der Waals surface area contributed by atoms with E-state index in [9.17, 15) is 0 Å². The van der Waals surface area contributed by atoms with E-state index in [2.05, 4.69) is 28.3 Å². The molecule has 1 aromatic rings. The summed E-state index contributed by atoms with van der Waals surface area (Å²) in [6.45, 7) is 8.05. The van der Waals surface area contributed by atoms with Crippen LogP contribution in [0.3, 0.4) is 0 Å². The molecule has 0 bridgehead atoms. The summed E-state index contributed by atoms with van der Waals surface area (Å²) in [5.41, 5.74) is 1.19. The Morgan fingerprint density at radius 2 is 1.80 bits per heavy atom. The number of benzene rings is 1. The monoisotopic (exact) mass is 384 g/mol. The first kappa shape index (κ1) is 17.6.